The van der Waals surface area contributed by atoms with Gasteiger partial charge >= 0.3 is 0 Å². The van der Waals surface area contributed by atoms with Gasteiger partial charge in [0.2, 0.25) is 5.91 Å². The van der Waals surface area contributed by atoms with Crippen LogP contribution in [0.25, 0.3) is 0 Å². The highest BCUT2D eigenvalue weighted by Gasteiger charge is 2.05. The number of nitrogens with one attached hydrogen (secondary N) is 3. The first-order chi connectivity index (χ1) is 14.5. The SMILES string of the molecule is Cc1ccnc(Nc2cc(NCCNC(=O)CCc3cccc(Cl)c3)nc(C)n2)c1. The molecule has 30 heavy (non-hydrogen) atoms. The fourth-order valence-electron chi connectivity index (χ4n) is 2.89. The van der Waals surface area contributed by atoms with Crippen LogP contribution in [-0.2, 0) is 11.2 Å². The number of halogens is 1. The second kappa shape index (κ2) is 10.5. The first-order valence-electron chi connectivity index (χ1n) is 9.78. The summed E-state index contributed by atoms with van der Waals surface area (Å²) in [6.07, 6.45) is 2.83. The number of pyridine rings is 1. The molecule has 8 heteroatoms. The van der Waals surface area contributed by atoms with E-state index in [1.807, 2.05) is 56.3 Å². The van der Waals surface area contributed by atoms with Gasteiger partial charge in [-0.15, -0.1) is 0 Å². The van der Waals surface area contributed by atoms with E-state index in [4.69, 9.17) is 11.6 Å². The van der Waals surface area contributed by atoms with Gasteiger partial charge in [0.1, 0.15) is 23.3 Å². The number of benzene rings is 1. The second-order valence-corrected chi connectivity index (χ2v) is 7.37. The molecule has 0 radical (unpaired) electrons. The molecular formula is C22H25ClN6O. The van der Waals surface area contributed by atoms with E-state index in [1.165, 1.54) is 0 Å². The van der Waals surface area contributed by atoms with Crippen LogP contribution in [0.5, 0.6) is 0 Å². The molecule has 0 unspecified atom stereocenters. The van der Waals surface area contributed by atoms with Crippen LogP contribution in [0.15, 0.2) is 48.7 Å². The average Bonchev–Trinajstić information content (AvgIpc) is 2.69. The van der Waals surface area contributed by atoms with Crippen LogP contribution in [-0.4, -0.2) is 33.9 Å². The predicted molar refractivity (Wildman–Crippen MR) is 120 cm³/mol. The van der Waals surface area contributed by atoms with Crippen LogP contribution < -0.4 is 16.0 Å². The minimum absolute atomic E-state index is 0.00326. The molecule has 1 amide bonds. The molecule has 0 aliphatic carbocycles. The Hall–Kier alpha value is -3.19. The summed E-state index contributed by atoms with van der Waals surface area (Å²) < 4.78 is 0. The van der Waals surface area contributed by atoms with E-state index in [2.05, 4.69) is 30.9 Å². The highest BCUT2D eigenvalue weighted by atomic mass is 35.5. The van der Waals surface area contributed by atoms with E-state index in [-0.39, 0.29) is 5.91 Å². The summed E-state index contributed by atoms with van der Waals surface area (Å²) in [7, 11) is 0. The van der Waals surface area contributed by atoms with Crippen molar-refractivity contribution in [2.45, 2.75) is 26.7 Å². The second-order valence-electron chi connectivity index (χ2n) is 6.94. The van der Waals surface area contributed by atoms with Gasteiger partial charge in [-0.05, 0) is 55.7 Å². The quantitative estimate of drug-likeness (QED) is 0.449. The molecule has 0 aliphatic rings. The molecule has 156 valence electrons. The lowest BCUT2D eigenvalue weighted by Gasteiger charge is -2.11. The molecule has 3 N–H and O–H groups in total. The Morgan fingerprint density at radius 2 is 1.83 bits per heavy atom. The molecule has 0 aliphatic heterocycles. The van der Waals surface area contributed by atoms with E-state index >= 15 is 0 Å². The maximum Gasteiger partial charge on any atom is 0.220 e. The number of carbonyl (C=O) groups excluding carboxylic acids is 1. The molecule has 0 saturated heterocycles. The van der Waals surface area contributed by atoms with Crippen molar-refractivity contribution < 1.29 is 4.79 Å². The molecule has 0 spiro atoms. The number of hydrogen-bond acceptors (Lipinski definition) is 6. The Labute approximate surface area is 181 Å². The molecule has 3 aromatic rings. The smallest absolute Gasteiger partial charge is 0.220 e. The Kier molecular flexibility index (Phi) is 7.57. The zero-order valence-corrected chi connectivity index (χ0v) is 17.8. The topological polar surface area (TPSA) is 91.8 Å². The molecule has 2 aromatic heterocycles. The zero-order valence-electron chi connectivity index (χ0n) is 17.1. The van der Waals surface area contributed by atoms with Crippen molar-refractivity contribution in [1.29, 1.82) is 0 Å². The number of anilines is 3. The molecule has 1 aromatic carbocycles. The molecule has 0 atom stereocenters. The van der Waals surface area contributed by atoms with Gasteiger partial charge < -0.3 is 16.0 Å². The lowest BCUT2D eigenvalue weighted by molar-refractivity contribution is -0.120. The largest absolute Gasteiger partial charge is 0.368 e. The van der Waals surface area contributed by atoms with Crippen LogP contribution in [0.3, 0.4) is 0 Å². The van der Waals surface area contributed by atoms with Gasteiger partial charge in [-0.2, -0.15) is 0 Å². The molecule has 0 fully saturated rings. The van der Waals surface area contributed by atoms with Crippen molar-refractivity contribution in [3.63, 3.8) is 0 Å². The van der Waals surface area contributed by atoms with Gasteiger partial charge in [-0.25, -0.2) is 15.0 Å². The number of carbonyl (C=O) groups is 1. The highest BCUT2D eigenvalue weighted by Crippen LogP contribution is 2.16. The standard InChI is InChI=1S/C22H25ClN6O/c1-15-8-9-24-19(12-15)29-21-14-20(27-16(2)28-21)25-10-11-26-22(30)7-6-17-4-3-5-18(23)13-17/h3-5,8-9,12-14H,6-7,10-11H2,1-2H3,(H,26,30)(H2,24,25,27,28,29). The third kappa shape index (κ3) is 7.00. The minimum Gasteiger partial charge on any atom is -0.368 e. The Balaban J connectivity index is 1.44. The fourth-order valence-corrected chi connectivity index (χ4v) is 3.10. The summed E-state index contributed by atoms with van der Waals surface area (Å²) >= 11 is 5.97. The summed E-state index contributed by atoms with van der Waals surface area (Å²) in [5.41, 5.74) is 2.16. The van der Waals surface area contributed by atoms with Crippen molar-refractivity contribution in [2.75, 3.05) is 23.7 Å². The summed E-state index contributed by atoms with van der Waals surface area (Å²) in [5, 5.41) is 10.00. The average molecular weight is 425 g/mol. The van der Waals surface area contributed by atoms with Gasteiger partial charge in [0.25, 0.3) is 0 Å². The Morgan fingerprint density at radius 3 is 2.63 bits per heavy atom. The molecule has 7 nitrogen and oxygen atoms in total. The van der Waals surface area contributed by atoms with Crippen LogP contribution >= 0.6 is 11.6 Å². The van der Waals surface area contributed by atoms with Crippen LogP contribution in [0, 0.1) is 13.8 Å². The first-order valence-corrected chi connectivity index (χ1v) is 10.2. The number of amides is 1. The summed E-state index contributed by atoms with van der Waals surface area (Å²) in [5.74, 6) is 2.72. The number of nitrogens with zero attached hydrogens (tertiary/aromatic N) is 3. The summed E-state index contributed by atoms with van der Waals surface area (Å²) in [6.45, 7) is 4.90. The molecular weight excluding hydrogens is 400 g/mol. The maximum absolute atomic E-state index is 12.0. The van der Waals surface area contributed by atoms with E-state index in [1.54, 1.807) is 6.20 Å². The third-order valence-corrected chi connectivity index (χ3v) is 4.53. The van der Waals surface area contributed by atoms with Crippen LogP contribution in [0.4, 0.5) is 17.5 Å². The Bertz CT molecular complexity index is 1010. The lowest BCUT2D eigenvalue weighted by Crippen LogP contribution is -2.29. The Morgan fingerprint density at radius 1 is 1.00 bits per heavy atom. The summed E-state index contributed by atoms with van der Waals surface area (Å²) in [4.78, 5) is 25.1. The molecule has 0 saturated carbocycles. The van der Waals surface area contributed by atoms with E-state index < -0.39 is 0 Å². The maximum atomic E-state index is 12.0. The number of aromatic nitrogens is 3. The van der Waals surface area contributed by atoms with E-state index in [0.717, 1.165) is 16.9 Å². The predicted octanol–water partition coefficient (Wildman–Crippen LogP) is 4.05. The van der Waals surface area contributed by atoms with Crippen LogP contribution in [0.2, 0.25) is 5.02 Å². The normalized spacial score (nSPS) is 10.5. The van der Waals surface area contributed by atoms with Crippen molar-refractivity contribution in [2.24, 2.45) is 0 Å². The molecule has 2 heterocycles. The molecule has 0 bridgehead atoms. The number of aryl methyl sites for hydroxylation is 3. The monoisotopic (exact) mass is 424 g/mol. The van der Waals surface area contributed by atoms with Gasteiger partial charge in [-0.3, -0.25) is 4.79 Å². The van der Waals surface area contributed by atoms with Gasteiger partial charge in [0.05, 0.1) is 0 Å². The van der Waals surface area contributed by atoms with Gasteiger partial charge in [-0.1, -0.05) is 23.7 Å². The lowest BCUT2D eigenvalue weighted by atomic mass is 10.1. The van der Waals surface area contributed by atoms with Crippen molar-refractivity contribution in [1.82, 2.24) is 20.3 Å². The fraction of sp³-hybridized carbons (Fsp3) is 0.273. The number of hydrogen-bond donors (Lipinski definition) is 3. The van der Waals surface area contributed by atoms with Gasteiger partial charge in [0.15, 0.2) is 0 Å². The molecule has 3 rings (SSSR count). The van der Waals surface area contributed by atoms with Crippen molar-refractivity contribution >= 4 is 35.0 Å². The van der Waals surface area contributed by atoms with Gasteiger partial charge in [0, 0.05) is 36.8 Å². The zero-order chi connectivity index (χ0) is 21.3. The summed E-state index contributed by atoms with van der Waals surface area (Å²) in [6, 6.07) is 13.3. The van der Waals surface area contributed by atoms with Crippen molar-refractivity contribution in [3.8, 4) is 0 Å². The van der Waals surface area contributed by atoms with Crippen LogP contribution in [0.1, 0.15) is 23.4 Å². The highest BCUT2D eigenvalue weighted by molar-refractivity contribution is 6.30. The first kappa shape index (κ1) is 21.5. The number of rotatable bonds is 9. The van der Waals surface area contributed by atoms with Crippen molar-refractivity contribution in [3.05, 3.63) is 70.6 Å². The minimum atomic E-state index is 0.00326. The third-order valence-electron chi connectivity index (χ3n) is 4.29. The van der Waals surface area contributed by atoms with E-state index in [9.17, 15) is 4.79 Å². The van der Waals surface area contributed by atoms with E-state index in [0.29, 0.717) is 48.4 Å².